The molecule has 0 spiro atoms. The number of esters is 1. The summed E-state index contributed by atoms with van der Waals surface area (Å²) in [5.41, 5.74) is 3.94. The van der Waals surface area contributed by atoms with Crippen molar-refractivity contribution >= 4 is 44.8 Å². The summed E-state index contributed by atoms with van der Waals surface area (Å²) in [5, 5.41) is 5.89. The summed E-state index contributed by atoms with van der Waals surface area (Å²) >= 11 is 3.36. The molecule has 164 valence electrons. The van der Waals surface area contributed by atoms with E-state index in [9.17, 15) is 9.59 Å². The lowest BCUT2D eigenvalue weighted by Gasteiger charge is -2.11. The maximum Gasteiger partial charge on any atom is 0.343 e. The minimum Gasteiger partial charge on any atom is -0.497 e. The molecule has 0 fully saturated rings. The molecule has 0 unspecified atom stereocenters. The molecule has 0 aromatic heterocycles. The van der Waals surface area contributed by atoms with E-state index >= 15 is 0 Å². The SMILES string of the molecule is COc1ccc(C(=O)Oc2ccc3ccccc3c2/C=N\NC(=O)c2ccccc2Br)cc1. The number of hydrogen-bond acceptors (Lipinski definition) is 5. The molecule has 4 aromatic rings. The number of nitrogens with one attached hydrogen (secondary N) is 1. The molecule has 4 rings (SSSR count). The molecule has 1 N–H and O–H groups in total. The van der Waals surface area contributed by atoms with Gasteiger partial charge in [-0.1, -0.05) is 42.5 Å². The van der Waals surface area contributed by atoms with Crippen LogP contribution in [0, 0.1) is 0 Å². The minimum atomic E-state index is -0.514. The number of benzene rings is 4. The Hall–Kier alpha value is -3.97. The van der Waals surface area contributed by atoms with E-state index in [-0.39, 0.29) is 5.91 Å². The van der Waals surface area contributed by atoms with Crippen LogP contribution in [0.4, 0.5) is 0 Å². The third-order valence-electron chi connectivity index (χ3n) is 4.94. The minimum absolute atomic E-state index is 0.327. The van der Waals surface area contributed by atoms with Crippen molar-refractivity contribution in [2.75, 3.05) is 7.11 Å². The molecule has 0 aliphatic heterocycles. The van der Waals surface area contributed by atoms with Crippen LogP contribution in [0.3, 0.4) is 0 Å². The van der Waals surface area contributed by atoms with Crippen molar-refractivity contribution in [3.8, 4) is 11.5 Å². The molecule has 0 aliphatic carbocycles. The Balaban J connectivity index is 1.62. The van der Waals surface area contributed by atoms with E-state index in [4.69, 9.17) is 9.47 Å². The van der Waals surface area contributed by atoms with Crippen LogP contribution in [0.5, 0.6) is 11.5 Å². The number of rotatable bonds is 6. The second-order valence-corrected chi connectivity index (χ2v) is 7.85. The van der Waals surface area contributed by atoms with Gasteiger partial charge in [-0.15, -0.1) is 0 Å². The first-order valence-corrected chi connectivity index (χ1v) is 10.8. The maximum atomic E-state index is 12.7. The van der Waals surface area contributed by atoms with E-state index in [1.54, 1.807) is 55.6 Å². The molecule has 7 heteroatoms. The smallest absolute Gasteiger partial charge is 0.343 e. The van der Waals surface area contributed by atoms with E-state index in [0.717, 1.165) is 10.8 Å². The van der Waals surface area contributed by atoms with Gasteiger partial charge >= 0.3 is 5.97 Å². The molecule has 33 heavy (non-hydrogen) atoms. The number of amides is 1. The zero-order chi connectivity index (χ0) is 23.2. The molecule has 0 saturated heterocycles. The molecule has 0 saturated carbocycles. The van der Waals surface area contributed by atoms with Gasteiger partial charge in [-0.2, -0.15) is 5.10 Å². The summed E-state index contributed by atoms with van der Waals surface area (Å²) in [7, 11) is 1.56. The third-order valence-corrected chi connectivity index (χ3v) is 5.63. The second kappa shape index (κ2) is 10.1. The fourth-order valence-electron chi connectivity index (χ4n) is 3.24. The zero-order valence-corrected chi connectivity index (χ0v) is 19.2. The van der Waals surface area contributed by atoms with E-state index in [1.807, 2.05) is 36.4 Å². The third kappa shape index (κ3) is 5.10. The van der Waals surface area contributed by atoms with Gasteiger partial charge in [0.15, 0.2) is 0 Å². The Morgan fingerprint density at radius 1 is 0.909 bits per heavy atom. The fraction of sp³-hybridized carbons (Fsp3) is 0.0385. The van der Waals surface area contributed by atoms with Crippen molar-refractivity contribution in [1.29, 1.82) is 0 Å². The first kappa shape index (κ1) is 22.2. The average Bonchev–Trinajstić information content (AvgIpc) is 2.85. The van der Waals surface area contributed by atoms with Crippen LogP contribution in [0.25, 0.3) is 10.8 Å². The zero-order valence-electron chi connectivity index (χ0n) is 17.6. The largest absolute Gasteiger partial charge is 0.497 e. The quantitative estimate of drug-likeness (QED) is 0.161. The molecule has 6 nitrogen and oxygen atoms in total. The molecule has 0 aliphatic rings. The number of methoxy groups -OCH3 is 1. The Morgan fingerprint density at radius 2 is 1.64 bits per heavy atom. The number of carbonyl (C=O) groups is 2. The molecular formula is C26H19BrN2O4. The van der Waals surface area contributed by atoms with Crippen LogP contribution in [-0.4, -0.2) is 25.2 Å². The average molecular weight is 503 g/mol. The lowest BCUT2D eigenvalue weighted by atomic mass is 10.0. The summed E-state index contributed by atoms with van der Waals surface area (Å²) < 4.78 is 11.5. The first-order valence-electron chi connectivity index (χ1n) is 10.0. The highest BCUT2D eigenvalue weighted by Gasteiger charge is 2.14. The normalized spacial score (nSPS) is 10.8. The second-order valence-electron chi connectivity index (χ2n) is 7.00. The highest BCUT2D eigenvalue weighted by Crippen LogP contribution is 2.27. The van der Waals surface area contributed by atoms with Gasteiger partial charge in [0.05, 0.1) is 24.5 Å². The predicted molar refractivity (Wildman–Crippen MR) is 131 cm³/mol. The van der Waals surface area contributed by atoms with Crippen LogP contribution in [0.15, 0.2) is 94.5 Å². The molecule has 0 heterocycles. The lowest BCUT2D eigenvalue weighted by Crippen LogP contribution is -2.18. The molecular weight excluding hydrogens is 484 g/mol. The number of carbonyl (C=O) groups excluding carboxylic acids is 2. The Morgan fingerprint density at radius 3 is 2.39 bits per heavy atom. The summed E-state index contributed by atoms with van der Waals surface area (Å²) in [5.74, 6) is 0.0925. The van der Waals surface area contributed by atoms with Gasteiger partial charge in [-0.3, -0.25) is 4.79 Å². The lowest BCUT2D eigenvalue weighted by molar-refractivity contribution is 0.0734. The summed E-state index contributed by atoms with van der Waals surface area (Å²) in [4.78, 5) is 25.2. The number of hydrazone groups is 1. The summed E-state index contributed by atoms with van der Waals surface area (Å²) in [6.45, 7) is 0. The molecule has 0 bridgehead atoms. The van der Waals surface area contributed by atoms with E-state index < -0.39 is 5.97 Å². The van der Waals surface area contributed by atoms with Gasteiger partial charge in [0, 0.05) is 10.0 Å². The standard InChI is InChI=1S/C26H19BrN2O4/c1-32-19-13-10-18(11-14-19)26(31)33-24-15-12-17-6-2-3-7-20(17)22(24)16-28-29-25(30)21-8-4-5-9-23(21)27/h2-16H,1H3,(H,29,30)/b28-16-. The van der Waals surface area contributed by atoms with Gasteiger partial charge in [0.2, 0.25) is 0 Å². The van der Waals surface area contributed by atoms with Crippen molar-refractivity contribution in [3.63, 3.8) is 0 Å². The fourth-order valence-corrected chi connectivity index (χ4v) is 3.71. The number of nitrogens with zero attached hydrogens (tertiary/aromatic N) is 1. The molecule has 0 atom stereocenters. The Bertz CT molecular complexity index is 1350. The number of hydrogen-bond donors (Lipinski definition) is 1. The van der Waals surface area contributed by atoms with Crippen LogP contribution in [0.1, 0.15) is 26.3 Å². The van der Waals surface area contributed by atoms with Crippen LogP contribution >= 0.6 is 15.9 Å². The number of ether oxygens (including phenoxy) is 2. The molecule has 1 amide bonds. The predicted octanol–water partition coefficient (Wildman–Crippen LogP) is 5.59. The number of fused-ring (bicyclic) bond motifs is 1. The van der Waals surface area contributed by atoms with Crippen molar-refractivity contribution < 1.29 is 19.1 Å². The van der Waals surface area contributed by atoms with Crippen molar-refractivity contribution in [1.82, 2.24) is 5.43 Å². The highest BCUT2D eigenvalue weighted by molar-refractivity contribution is 9.10. The van der Waals surface area contributed by atoms with Gasteiger partial charge < -0.3 is 9.47 Å². The van der Waals surface area contributed by atoms with Gasteiger partial charge in [-0.25, -0.2) is 10.2 Å². The number of halogens is 1. The topological polar surface area (TPSA) is 77.0 Å². The van der Waals surface area contributed by atoms with Crippen molar-refractivity contribution in [2.45, 2.75) is 0 Å². The highest BCUT2D eigenvalue weighted by atomic mass is 79.9. The van der Waals surface area contributed by atoms with Gasteiger partial charge in [-0.05, 0) is 69.2 Å². The first-order chi connectivity index (χ1) is 16.1. The monoisotopic (exact) mass is 502 g/mol. The van der Waals surface area contributed by atoms with Crippen molar-refractivity contribution in [3.05, 3.63) is 106 Å². The van der Waals surface area contributed by atoms with Crippen LogP contribution in [0.2, 0.25) is 0 Å². The molecule has 4 aromatic carbocycles. The van der Waals surface area contributed by atoms with E-state index in [2.05, 4.69) is 26.5 Å². The van der Waals surface area contributed by atoms with E-state index in [1.165, 1.54) is 6.21 Å². The van der Waals surface area contributed by atoms with Crippen LogP contribution in [-0.2, 0) is 0 Å². The van der Waals surface area contributed by atoms with Crippen LogP contribution < -0.4 is 14.9 Å². The van der Waals surface area contributed by atoms with Crippen molar-refractivity contribution in [2.24, 2.45) is 5.10 Å². The van der Waals surface area contributed by atoms with Gasteiger partial charge in [0.25, 0.3) is 5.91 Å². The summed E-state index contributed by atoms with van der Waals surface area (Å²) in [6, 6.07) is 24.9. The maximum absolute atomic E-state index is 12.7. The Kier molecular flexibility index (Phi) is 6.80. The Labute approximate surface area is 199 Å². The van der Waals surface area contributed by atoms with E-state index in [0.29, 0.717) is 32.7 Å². The van der Waals surface area contributed by atoms with Gasteiger partial charge in [0.1, 0.15) is 11.5 Å². The molecule has 0 radical (unpaired) electrons. The summed E-state index contributed by atoms with van der Waals surface area (Å²) in [6.07, 6.45) is 1.48.